The van der Waals surface area contributed by atoms with Crippen LogP contribution in [-0.4, -0.2) is 9.13 Å². The molecule has 0 saturated carbocycles. The number of nitrogens with zero attached hydrogens (tertiary/aromatic N) is 3. The molecule has 0 N–H and O–H groups in total. The summed E-state index contributed by atoms with van der Waals surface area (Å²) in [5, 5.41) is 14.5. The fourth-order valence-electron chi connectivity index (χ4n) is 7.50. The zero-order valence-electron chi connectivity index (χ0n) is 24.9. The zero-order valence-corrected chi connectivity index (χ0v) is 24.9. The van der Waals surface area contributed by atoms with Crippen molar-refractivity contribution in [3.8, 4) is 22.9 Å². The van der Waals surface area contributed by atoms with Gasteiger partial charge >= 0.3 is 0 Å². The van der Waals surface area contributed by atoms with Crippen LogP contribution in [0.15, 0.2) is 151 Å². The van der Waals surface area contributed by atoms with Gasteiger partial charge in [0.25, 0.3) is 0 Å². The van der Waals surface area contributed by atoms with E-state index in [1.165, 1.54) is 55.0 Å². The zero-order chi connectivity index (χ0) is 30.1. The minimum absolute atomic E-state index is 0.000979. The Bertz CT molecular complexity index is 2540. The fourth-order valence-corrected chi connectivity index (χ4v) is 7.50. The van der Waals surface area contributed by atoms with Crippen LogP contribution >= 0.6 is 0 Å². The van der Waals surface area contributed by atoms with E-state index >= 15 is 0 Å². The second-order valence-electron chi connectivity index (χ2n) is 12.4. The highest BCUT2D eigenvalue weighted by Gasteiger charge is 2.31. The van der Waals surface area contributed by atoms with Crippen molar-refractivity contribution in [3.05, 3.63) is 157 Å². The van der Waals surface area contributed by atoms with Crippen LogP contribution < -0.4 is 0 Å². The van der Waals surface area contributed by atoms with Gasteiger partial charge in [-0.25, -0.2) is 0 Å². The largest absolute Gasteiger partial charge is 0.313 e. The van der Waals surface area contributed by atoms with Crippen LogP contribution in [0, 0.1) is 16.7 Å². The van der Waals surface area contributed by atoms with E-state index in [2.05, 4.69) is 150 Å². The Labute approximate surface area is 261 Å². The van der Waals surface area contributed by atoms with Crippen molar-refractivity contribution >= 4 is 49.3 Å². The SMILES string of the molecule is CC12C=CC=CC1=CC=C(n1c3ccccc3c3cc(-c4ccc5c(c4)c4ccccc4n5-c4cccc(C#N)c4)ccc31)C2. The molecule has 0 aliphatic heterocycles. The third kappa shape index (κ3) is 3.83. The molecule has 9 rings (SSSR count). The fraction of sp³-hybridized carbons (Fsp3) is 0.0714. The lowest BCUT2D eigenvalue weighted by Crippen LogP contribution is -2.21. The average molecular weight is 576 g/mol. The van der Waals surface area contributed by atoms with Gasteiger partial charge in [-0.15, -0.1) is 0 Å². The molecule has 0 amide bonds. The standard InChI is InChI=1S/C42H29N3/c1-42-22-7-6-10-31(42)18-19-33(26-42)45-39-15-5-3-13-35(39)37-25-30(17-21-41(37)45)29-16-20-40-36(24-29)34-12-2-4-14-38(34)44(40)32-11-8-9-28(23-32)27-43/h2-25H,26H2,1H3. The summed E-state index contributed by atoms with van der Waals surface area (Å²) in [6, 6.07) is 41.2. The van der Waals surface area contributed by atoms with Crippen LogP contribution in [0.1, 0.15) is 18.9 Å². The van der Waals surface area contributed by atoms with Crippen molar-refractivity contribution in [2.45, 2.75) is 13.3 Å². The molecule has 0 radical (unpaired) electrons. The van der Waals surface area contributed by atoms with Crippen molar-refractivity contribution < 1.29 is 0 Å². The Morgan fingerprint density at radius 2 is 1.27 bits per heavy atom. The summed E-state index contributed by atoms with van der Waals surface area (Å²) in [5.41, 5.74) is 11.5. The number of aromatic nitrogens is 2. The van der Waals surface area contributed by atoms with Gasteiger partial charge in [0, 0.05) is 44.8 Å². The van der Waals surface area contributed by atoms with Gasteiger partial charge in [-0.2, -0.15) is 5.26 Å². The molecule has 0 saturated heterocycles. The molecule has 1 unspecified atom stereocenters. The minimum Gasteiger partial charge on any atom is -0.313 e. The van der Waals surface area contributed by atoms with Gasteiger partial charge < -0.3 is 9.13 Å². The smallest absolute Gasteiger partial charge is 0.0992 e. The van der Waals surface area contributed by atoms with Crippen molar-refractivity contribution in [3.63, 3.8) is 0 Å². The molecule has 2 aliphatic carbocycles. The highest BCUT2D eigenvalue weighted by atomic mass is 15.0. The van der Waals surface area contributed by atoms with E-state index in [1.807, 2.05) is 18.2 Å². The third-order valence-electron chi connectivity index (χ3n) is 9.71. The van der Waals surface area contributed by atoms with E-state index in [0.29, 0.717) is 5.56 Å². The van der Waals surface area contributed by atoms with Crippen LogP contribution in [0.4, 0.5) is 0 Å². The average Bonchev–Trinajstić information content (AvgIpc) is 3.60. The molecular formula is C42H29N3. The first-order valence-corrected chi connectivity index (χ1v) is 15.5. The van der Waals surface area contributed by atoms with E-state index in [0.717, 1.165) is 23.1 Å². The molecule has 0 bridgehead atoms. The van der Waals surface area contributed by atoms with E-state index < -0.39 is 0 Å². The lowest BCUT2D eigenvalue weighted by Gasteiger charge is -2.34. The number of para-hydroxylation sites is 2. The van der Waals surface area contributed by atoms with Crippen LogP contribution in [0.25, 0.3) is 66.1 Å². The molecule has 3 heteroatoms. The summed E-state index contributed by atoms with van der Waals surface area (Å²) in [6.45, 7) is 2.34. The molecule has 7 aromatic rings. The quantitative estimate of drug-likeness (QED) is 0.206. The maximum absolute atomic E-state index is 9.55. The van der Waals surface area contributed by atoms with Crippen molar-refractivity contribution in [2.75, 3.05) is 0 Å². The number of allylic oxidation sites excluding steroid dienone is 8. The lowest BCUT2D eigenvalue weighted by molar-refractivity contribution is 0.527. The molecule has 1 atom stereocenters. The van der Waals surface area contributed by atoms with Gasteiger partial charge in [0.05, 0.1) is 33.7 Å². The third-order valence-corrected chi connectivity index (χ3v) is 9.71. The highest BCUT2D eigenvalue weighted by molar-refractivity contribution is 6.13. The predicted octanol–water partition coefficient (Wildman–Crippen LogP) is 10.7. The minimum atomic E-state index is 0.000979. The molecule has 2 aliphatic rings. The van der Waals surface area contributed by atoms with Crippen molar-refractivity contribution in [1.82, 2.24) is 9.13 Å². The van der Waals surface area contributed by atoms with Crippen LogP contribution in [-0.2, 0) is 0 Å². The van der Waals surface area contributed by atoms with Gasteiger partial charge in [-0.3, -0.25) is 0 Å². The second kappa shape index (κ2) is 9.58. The summed E-state index contributed by atoms with van der Waals surface area (Å²) in [6.07, 6.45) is 14.4. The van der Waals surface area contributed by atoms with E-state index in [-0.39, 0.29) is 5.41 Å². The van der Waals surface area contributed by atoms with Crippen LogP contribution in [0.5, 0.6) is 0 Å². The normalized spacial score (nSPS) is 17.5. The Hall–Kier alpha value is -5.85. The van der Waals surface area contributed by atoms with E-state index in [4.69, 9.17) is 0 Å². The van der Waals surface area contributed by atoms with Crippen molar-refractivity contribution in [2.24, 2.45) is 5.41 Å². The molecule has 45 heavy (non-hydrogen) atoms. The Morgan fingerprint density at radius 3 is 1.98 bits per heavy atom. The van der Waals surface area contributed by atoms with Gasteiger partial charge in [-0.05, 0) is 77.4 Å². The molecule has 3 nitrogen and oxygen atoms in total. The Morgan fingerprint density at radius 1 is 0.622 bits per heavy atom. The molecule has 2 aromatic heterocycles. The molecular weight excluding hydrogens is 546 g/mol. The van der Waals surface area contributed by atoms with Gasteiger partial charge in [0.15, 0.2) is 0 Å². The first-order chi connectivity index (χ1) is 22.1. The Kier molecular flexibility index (Phi) is 5.45. The van der Waals surface area contributed by atoms with Gasteiger partial charge in [0.2, 0.25) is 0 Å². The summed E-state index contributed by atoms with van der Waals surface area (Å²) in [4.78, 5) is 0. The van der Waals surface area contributed by atoms with E-state index in [9.17, 15) is 5.26 Å². The number of benzene rings is 5. The molecule has 212 valence electrons. The Balaban J connectivity index is 1.22. The van der Waals surface area contributed by atoms with Crippen LogP contribution in [0.3, 0.4) is 0 Å². The summed E-state index contributed by atoms with van der Waals surface area (Å²) < 4.78 is 4.73. The van der Waals surface area contributed by atoms with Crippen LogP contribution in [0.2, 0.25) is 0 Å². The predicted molar refractivity (Wildman–Crippen MR) is 187 cm³/mol. The number of fused-ring (bicyclic) bond motifs is 7. The highest BCUT2D eigenvalue weighted by Crippen LogP contribution is 2.45. The maximum atomic E-state index is 9.55. The molecule has 0 spiro atoms. The number of hydrogen-bond donors (Lipinski definition) is 0. The second-order valence-corrected chi connectivity index (χ2v) is 12.4. The summed E-state index contributed by atoms with van der Waals surface area (Å²) in [7, 11) is 0. The topological polar surface area (TPSA) is 33.6 Å². The first-order valence-electron chi connectivity index (χ1n) is 15.5. The maximum Gasteiger partial charge on any atom is 0.0992 e. The summed E-state index contributed by atoms with van der Waals surface area (Å²) >= 11 is 0. The molecule has 2 heterocycles. The number of nitriles is 1. The van der Waals surface area contributed by atoms with E-state index in [1.54, 1.807) is 0 Å². The number of rotatable bonds is 3. The van der Waals surface area contributed by atoms with Gasteiger partial charge in [-0.1, -0.05) is 91.9 Å². The first kappa shape index (κ1) is 25.6. The molecule has 5 aromatic carbocycles. The van der Waals surface area contributed by atoms with Crippen molar-refractivity contribution in [1.29, 1.82) is 5.26 Å². The number of hydrogen-bond acceptors (Lipinski definition) is 1. The molecule has 0 fully saturated rings. The monoisotopic (exact) mass is 575 g/mol. The summed E-state index contributed by atoms with van der Waals surface area (Å²) in [5.74, 6) is 0. The van der Waals surface area contributed by atoms with Gasteiger partial charge in [0.1, 0.15) is 0 Å². The lowest BCUT2D eigenvalue weighted by atomic mass is 9.73.